The van der Waals surface area contributed by atoms with E-state index < -0.39 is 0 Å². The first-order valence-corrected chi connectivity index (χ1v) is 10.9. The summed E-state index contributed by atoms with van der Waals surface area (Å²) in [4.78, 5) is 12.5. The second-order valence-corrected chi connectivity index (χ2v) is 8.41. The summed E-state index contributed by atoms with van der Waals surface area (Å²) in [6.45, 7) is 10.1. The van der Waals surface area contributed by atoms with Gasteiger partial charge in [-0.1, -0.05) is 45.8 Å². The molecule has 5 heteroatoms. The molecule has 0 saturated heterocycles. The summed E-state index contributed by atoms with van der Waals surface area (Å²) >= 11 is 1.41. The van der Waals surface area contributed by atoms with Gasteiger partial charge in [0.05, 0.1) is 13.7 Å². The van der Waals surface area contributed by atoms with E-state index in [2.05, 4.69) is 50.4 Å². The van der Waals surface area contributed by atoms with Crippen molar-refractivity contribution in [1.82, 2.24) is 5.32 Å². The van der Waals surface area contributed by atoms with Crippen molar-refractivity contribution in [3.8, 4) is 0 Å². The molecule has 1 rings (SSSR count). The largest absolute Gasteiger partial charge is 0.466 e. The highest BCUT2D eigenvalue weighted by molar-refractivity contribution is 7.98. The average Bonchev–Trinajstić information content (AvgIpc) is 2.84. The first-order chi connectivity index (χ1) is 12.9. The zero-order valence-electron chi connectivity index (χ0n) is 17.7. The van der Waals surface area contributed by atoms with Crippen LogP contribution >= 0.6 is 12.0 Å². The van der Waals surface area contributed by atoms with E-state index in [1.54, 1.807) is 7.11 Å². The summed E-state index contributed by atoms with van der Waals surface area (Å²) in [7, 11) is 1.70. The number of esters is 1. The summed E-state index contributed by atoms with van der Waals surface area (Å²) in [5.74, 6) is -0.0759. The number of ether oxygens (including phenoxy) is 1. The van der Waals surface area contributed by atoms with Crippen molar-refractivity contribution in [2.75, 3.05) is 20.3 Å². The summed E-state index contributed by atoms with van der Waals surface area (Å²) in [5, 5.41) is 3.70. The van der Waals surface area contributed by atoms with E-state index in [0.717, 1.165) is 43.6 Å². The Labute approximate surface area is 170 Å². The van der Waals surface area contributed by atoms with E-state index in [1.807, 2.05) is 6.92 Å². The maximum atomic E-state index is 11.3. The second kappa shape index (κ2) is 13.2. The van der Waals surface area contributed by atoms with Crippen molar-refractivity contribution in [3.63, 3.8) is 0 Å². The molecular formula is C22H37NO3S. The Kier molecular flexibility index (Phi) is 11.7. The number of nitrogens with one attached hydrogen (secondary N) is 1. The molecule has 27 heavy (non-hydrogen) atoms. The minimum atomic E-state index is -0.0759. The second-order valence-electron chi connectivity index (χ2n) is 7.44. The van der Waals surface area contributed by atoms with E-state index in [-0.39, 0.29) is 17.4 Å². The fraction of sp³-hybridized carbons (Fsp3) is 0.682. The zero-order chi connectivity index (χ0) is 20.1. The van der Waals surface area contributed by atoms with Gasteiger partial charge in [0, 0.05) is 29.4 Å². The van der Waals surface area contributed by atoms with Gasteiger partial charge in [-0.25, -0.2) is 0 Å². The van der Waals surface area contributed by atoms with E-state index in [4.69, 9.17) is 8.92 Å². The van der Waals surface area contributed by atoms with Crippen LogP contribution in [0, 0.1) is 5.41 Å². The van der Waals surface area contributed by atoms with Crippen molar-refractivity contribution in [1.29, 1.82) is 0 Å². The lowest BCUT2D eigenvalue weighted by molar-refractivity contribution is -0.143. The molecule has 1 aliphatic rings. The maximum absolute atomic E-state index is 11.3. The minimum absolute atomic E-state index is 0.0759. The quantitative estimate of drug-likeness (QED) is 0.251. The summed E-state index contributed by atoms with van der Waals surface area (Å²) in [5.41, 5.74) is 1.52. The first kappa shape index (κ1) is 24.0. The van der Waals surface area contributed by atoms with Crippen molar-refractivity contribution in [2.45, 2.75) is 72.3 Å². The van der Waals surface area contributed by atoms with Gasteiger partial charge >= 0.3 is 5.97 Å². The Morgan fingerprint density at radius 3 is 2.63 bits per heavy atom. The number of allylic oxidation sites excluding steroid dienone is 3. The monoisotopic (exact) mass is 395 g/mol. The van der Waals surface area contributed by atoms with Crippen LogP contribution in [0.1, 0.15) is 66.2 Å². The van der Waals surface area contributed by atoms with E-state index in [1.165, 1.54) is 17.6 Å². The molecule has 1 N–H and O–H groups in total. The van der Waals surface area contributed by atoms with Crippen molar-refractivity contribution >= 4 is 18.0 Å². The lowest BCUT2D eigenvalue weighted by Gasteiger charge is -2.32. The lowest BCUT2D eigenvalue weighted by Crippen LogP contribution is -2.35. The van der Waals surface area contributed by atoms with Crippen molar-refractivity contribution in [3.05, 3.63) is 34.8 Å². The lowest BCUT2D eigenvalue weighted by atomic mass is 9.77. The SMILES string of the molecule is CCOC(=O)CCCCCCNC1C=CC=C(SOC)C=C1C(C)(C)CC. The van der Waals surface area contributed by atoms with Crippen LogP contribution in [-0.4, -0.2) is 32.3 Å². The molecule has 0 aliphatic heterocycles. The molecule has 0 bridgehead atoms. The van der Waals surface area contributed by atoms with Crippen LogP contribution in [0.4, 0.5) is 0 Å². The van der Waals surface area contributed by atoms with Gasteiger partial charge < -0.3 is 14.2 Å². The molecule has 0 saturated carbocycles. The predicted molar refractivity (Wildman–Crippen MR) is 115 cm³/mol. The summed E-state index contributed by atoms with van der Waals surface area (Å²) in [6, 6.07) is 0.241. The Bertz CT molecular complexity index is 538. The molecule has 0 aromatic rings. The average molecular weight is 396 g/mol. The number of carbonyl (C=O) groups excluding carboxylic acids is 1. The molecule has 0 fully saturated rings. The van der Waals surface area contributed by atoms with Crippen LogP contribution in [0.15, 0.2) is 34.8 Å². The van der Waals surface area contributed by atoms with Crippen molar-refractivity contribution < 1.29 is 13.7 Å². The van der Waals surface area contributed by atoms with Crippen LogP contribution in [0.3, 0.4) is 0 Å². The summed E-state index contributed by atoms with van der Waals surface area (Å²) in [6.07, 6.45) is 14.6. The van der Waals surface area contributed by atoms with Gasteiger partial charge in [-0.15, -0.1) is 0 Å². The van der Waals surface area contributed by atoms with Gasteiger partial charge in [0.25, 0.3) is 0 Å². The Morgan fingerprint density at radius 1 is 1.22 bits per heavy atom. The molecule has 0 heterocycles. The van der Waals surface area contributed by atoms with Gasteiger partial charge in [0.2, 0.25) is 0 Å². The number of carbonyl (C=O) groups is 1. The molecule has 1 unspecified atom stereocenters. The van der Waals surface area contributed by atoms with E-state index >= 15 is 0 Å². The van der Waals surface area contributed by atoms with Gasteiger partial charge in [-0.05, 0) is 55.9 Å². The number of unbranched alkanes of at least 4 members (excludes halogenated alkanes) is 3. The zero-order valence-corrected chi connectivity index (χ0v) is 18.5. The molecule has 1 atom stereocenters. The van der Waals surface area contributed by atoms with Gasteiger partial charge in [-0.3, -0.25) is 4.79 Å². The molecule has 0 radical (unpaired) electrons. The smallest absolute Gasteiger partial charge is 0.305 e. The maximum Gasteiger partial charge on any atom is 0.305 e. The van der Waals surface area contributed by atoms with Crippen LogP contribution in [0.2, 0.25) is 0 Å². The Balaban J connectivity index is 2.48. The fourth-order valence-corrected chi connectivity index (χ4v) is 3.54. The standard InChI is InChI=1S/C22H37NO3S/c1-6-22(3,4)19-17-18(27-25-5)13-12-14-20(19)23-16-11-9-8-10-15-21(24)26-7-2/h12-14,17,20,23H,6-11,15-16H2,1-5H3. The molecule has 0 amide bonds. The number of hydrogen-bond acceptors (Lipinski definition) is 5. The molecule has 154 valence electrons. The summed E-state index contributed by atoms with van der Waals surface area (Å²) < 4.78 is 10.2. The molecule has 0 aromatic heterocycles. The third kappa shape index (κ3) is 9.13. The van der Waals surface area contributed by atoms with Gasteiger partial charge in [-0.2, -0.15) is 0 Å². The number of rotatable bonds is 13. The fourth-order valence-electron chi connectivity index (χ4n) is 3.04. The number of hydrogen-bond donors (Lipinski definition) is 1. The molecule has 0 spiro atoms. The predicted octanol–water partition coefficient (Wildman–Crippen LogP) is 5.57. The Hall–Kier alpha value is -1.04. The minimum Gasteiger partial charge on any atom is -0.466 e. The van der Waals surface area contributed by atoms with Crippen LogP contribution in [0.5, 0.6) is 0 Å². The third-order valence-corrected chi connectivity index (χ3v) is 5.63. The normalized spacial score (nSPS) is 17.3. The van der Waals surface area contributed by atoms with E-state index in [9.17, 15) is 4.79 Å². The molecule has 4 nitrogen and oxygen atoms in total. The van der Waals surface area contributed by atoms with Crippen LogP contribution in [0.25, 0.3) is 0 Å². The third-order valence-electron chi connectivity index (χ3n) is 5.02. The van der Waals surface area contributed by atoms with Crippen LogP contribution in [-0.2, 0) is 13.7 Å². The highest BCUT2D eigenvalue weighted by atomic mass is 32.2. The Morgan fingerprint density at radius 2 is 1.96 bits per heavy atom. The van der Waals surface area contributed by atoms with E-state index in [0.29, 0.717) is 13.0 Å². The highest BCUT2D eigenvalue weighted by Crippen LogP contribution is 2.36. The van der Waals surface area contributed by atoms with Gasteiger partial charge in [0.15, 0.2) is 0 Å². The van der Waals surface area contributed by atoms with Crippen LogP contribution < -0.4 is 5.32 Å². The van der Waals surface area contributed by atoms with Crippen molar-refractivity contribution in [2.24, 2.45) is 5.41 Å². The van der Waals surface area contributed by atoms with Gasteiger partial charge in [0.1, 0.15) is 0 Å². The molecular weight excluding hydrogens is 358 g/mol. The topological polar surface area (TPSA) is 47.6 Å². The first-order valence-electron chi connectivity index (χ1n) is 10.1. The highest BCUT2D eigenvalue weighted by Gasteiger charge is 2.27. The molecule has 1 aliphatic carbocycles. The molecule has 0 aromatic carbocycles.